The van der Waals surface area contributed by atoms with Gasteiger partial charge in [0.05, 0.1) is 17.1 Å². The molecule has 0 saturated heterocycles. The zero-order chi connectivity index (χ0) is 15.5. The third kappa shape index (κ3) is 3.15. The third-order valence-corrected chi connectivity index (χ3v) is 3.78. The average Bonchev–Trinajstić information content (AvgIpc) is 3.14. The minimum absolute atomic E-state index is 0.245. The second-order valence-corrected chi connectivity index (χ2v) is 5.70. The van der Waals surface area contributed by atoms with E-state index in [1.54, 1.807) is 17.4 Å². The summed E-state index contributed by atoms with van der Waals surface area (Å²) in [6.07, 6.45) is 1.38. The molecule has 0 fully saturated rings. The monoisotopic (exact) mass is 315 g/mol. The maximum Gasteiger partial charge on any atom is 0.253 e. The Morgan fingerprint density at radius 2 is 2.23 bits per heavy atom. The summed E-state index contributed by atoms with van der Waals surface area (Å²) in [5.41, 5.74) is 0.938. The summed E-state index contributed by atoms with van der Waals surface area (Å²) in [5.74, 6) is 1.04. The van der Waals surface area contributed by atoms with Gasteiger partial charge in [-0.1, -0.05) is 0 Å². The molecule has 6 nitrogen and oxygen atoms in total. The molecule has 3 aromatic rings. The van der Waals surface area contributed by atoms with Crippen molar-refractivity contribution >= 4 is 17.2 Å². The molecule has 7 heteroatoms. The van der Waals surface area contributed by atoms with Gasteiger partial charge in [0.1, 0.15) is 11.5 Å². The quantitative estimate of drug-likeness (QED) is 0.773. The summed E-state index contributed by atoms with van der Waals surface area (Å²) >= 11 is 1.56. The molecule has 3 rings (SSSR count). The van der Waals surface area contributed by atoms with Crippen LogP contribution in [0.15, 0.2) is 45.1 Å². The third-order valence-electron chi connectivity index (χ3n) is 3.00. The van der Waals surface area contributed by atoms with Crippen molar-refractivity contribution in [2.75, 3.05) is 0 Å². The first-order chi connectivity index (χ1) is 10.6. The van der Waals surface area contributed by atoms with Crippen LogP contribution in [-0.4, -0.2) is 15.9 Å². The van der Waals surface area contributed by atoms with Crippen molar-refractivity contribution in [3.63, 3.8) is 0 Å². The lowest BCUT2D eigenvalue weighted by atomic mass is 10.2. The van der Waals surface area contributed by atoms with Gasteiger partial charge in [-0.05, 0) is 25.1 Å². The number of amides is 1. The number of H-pyrrole nitrogens is 1. The van der Waals surface area contributed by atoms with Crippen LogP contribution in [0.25, 0.3) is 11.5 Å². The molecular formula is C15H13N3O3S. The fourth-order valence-electron chi connectivity index (χ4n) is 1.91. The van der Waals surface area contributed by atoms with Crippen molar-refractivity contribution in [3.05, 3.63) is 62.5 Å². The Morgan fingerprint density at radius 3 is 2.91 bits per heavy atom. The van der Waals surface area contributed by atoms with Crippen LogP contribution in [0.4, 0.5) is 0 Å². The SMILES string of the molecule is Cc1nc(-c2ccc(CNC(=O)c3ccc(=O)[nH]c3)o2)cs1. The van der Waals surface area contributed by atoms with Gasteiger partial charge < -0.3 is 14.7 Å². The zero-order valence-corrected chi connectivity index (χ0v) is 12.6. The molecule has 0 bridgehead atoms. The first-order valence-electron chi connectivity index (χ1n) is 6.60. The maximum atomic E-state index is 11.9. The predicted molar refractivity (Wildman–Crippen MR) is 82.8 cm³/mol. The van der Waals surface area contributed by atoms with E-state index in [1.807, 2.05) is 18.4 Å². The Bertz CT molecular complexity index is 842. The number of hydrogen-bond donors (Lipinski definition) is 2. The first-order valence-corrected chi connectivity index (χ1v) is 7.48. The highest BCUT2D eigenvalue weighted by molar-refractivity contribution is 7.09. The molecular weight excluding hydrogens is 302 g/mol. The second-order valence-electron chi connectivity index (χ2n) is 4.64. The van der Waals surface area contributed by atoms with E-state index in [9.17, 15) is 9.59 Å². The lowest BCUT2D eigenvalue weighted by Gasteiger charge is -2.02. The minimum Gasteiger partial charge on any atom is -0.458 e. The Hall–Kier alpha value is -2.67. The van der Waals surface area contributed by atoms with Crippen LogP contribution in [0.2, 0.25) is 0 Å². The highest BCUT2D eigenvalue weighted by Gasteiger charge is 2.10. The maximum absolute atomic E-state index is 11.9. The number of aromatic nitrogens is 2. The van der Waals surface area contributed by atoms with Crippen molar-refractivity contribution in [2.45, 2.75) is 13.5 Å². The number of aryl methyl sites for hydroxylation is 1. The second kappa shape index (κ2) is 5.98. The van der Waals surface area contributed by atoms with Crippen LogP contribution in [0.5, 0.6) is 0 Å². The number of thiazole rings is 1. The summed E-state index contributed by atoms with van der Waals surface area (Å²) < 4.78 is 5.66. The number of nitrogens with zero attached hydrogens (tertiary/aromatic N) is 1. The highest BCUT2D eigenvalue weighted by Crippen LogP contribution is 2.23. The molecule has 0 saturated carbocycles. The van der Waals surface area contributed by atoms with Gasteiger partial charge in [0, 0.05) is 17.6 Å². The van der Waals surface area contributed by atoms with Crippen molar-refractivity contribution in [2.24, 2.45) is 0 Å². The number of nitrogens with one attached hydrogen (secondary N) is 2. The molecule has 3 aromatic heterocycles. The van der Waals surface area contributed by atoms with Gasteiger partial charge in [0.25, 0.3) is 5.91 Å². The smallest absolute Gasteiger partial charge is 0.253 e. The van der Waals surface area contributed by atoms with E-state index in [0.717, 1.165) is 10.7 Å². The first kappa shape index (κ1) is 14.3. The topological polar surface area (TPSA) is 88.0 Å². The molecule has 112 valence electrons. The Morgan fingerprint density at radius 1 is 1.36 bits per heavy atom. The van der Waals surface area contributed by atoms with Crippen LogP contribution in [0, 0.1) is 6.92 Å². The van der Waals surface area contributed by atoms with Gasteiger partial charge in [-0.2, -0.15) is 0 Å². The average molecular weight is 315 g/mol. The van der Waals surface area contributed by atoms with Crippen molar-refractivity contribution in [1.29, 1.82) is 0 Å². The summed E-state index contributed by atoms with van der Waals surface area (Å²) in [6, 6.07) is 6.41. The van der Waals surface area contributed by atoms with Gasteiger partial charge in [-0.25, -0.2) is 4.98 Å². The van der Waals surface area contributed by atoms with Gasteiger partial charge >= 0.3 is 0 Å². The van der Waals surface area contributed by atoms with E-state index < -0.39 is 0 Å². The standard InChI is InChI=1S/C15H13N3O3S/c1-9-18-12(8-22-9)13-4-3-11(21-13)7-17-15(20)10-2-5-14(19)16-6-10/h2-6,8H,7H2,1H3,(H,16,19)(H,17,20). The molecule has 0 spiro atoms. The summed E-state index contributed by atoms with van der Waals surface area (Å²) in [7, 11) is 0. The van der Waals surface area contributed by atoms with Crippen LogP contribution < -0.4 is 10.9 Å². The zero-order valence-electron chi connectivity index (χ0n) is 11.8. The van der Waals surface area contributed by atoms with E-state index in [0.29, 0.717) is 17.1 Å². The number of aromatic amines is 1. The van der Waals surface area contributed by atoms with Gasteiger partial charge in [-0.3, -0.25) is 9.59 Å². The van der Waals surface area contributed by atoms with Gasteiger partial charge in [0.2, 0.25) is 5.56 Å². The van der Waals surface area contributed by atoms with Crippen LogP contribution in [0.1, 0.15) is 21.1 Å². The molecule has 1 amide bonds. The number of hydrogen-bond acceptors (Lipinski definition) is 5. The molecule has 22 heavy (non-hydrogen) atoms. The predicted octanol–water partition coefficient (Wildman–Crippen LogP) is 2.33. The fraction of sp³-hybridized carbons (Fsp3) is 0.133. The Balaban J connectivity index is 1.64. The normalized spacial score (nSPS) is 10.6. The Labute approximate surface area is 129 Å². The molecule has 0 aliphatic heterocycles. The molecule has 0 atom stereocenters. The number of carbonyl (C=O) groups excluding carboxylic acids is 1. The molecule has 2 N–H and O–H groups in total. The molecule has 0 radical (unpaired) electrons. The number of rotatable bonds is 4. The molecule has 0 aromatic carbocycles. The summed E-state index contributed by atoms with van der Waals surface area (Å²) in [6.45, 7) is 2.20. The molecule has 3 heterocycles. The number of furan rings is 1. The fourth-order valence-corrected chi connectivity index (χ4v) is 2.51. The number of carbonyl (C=O) groups is 1. The summed E-state index contributed by atoms with van der Waals surface area (Å²) in [4.78, 5) is 29.7. The Kier molecular flexibility index (Phi) is 3.88. The molecule has 0 aliphatic carbocycles. The molecule has 0 unspecified atom stereocenters. The van der Waals surface area contributed by atoms with Crippen LogP contribution in [0.3, 0.4) is 0 Å². The number of pyridine rings is 1. The highest BCUT2D eigenvalue weighted by atomic mass is 32.1. The molecule has 0 aliphatic rings. The van der Waals surface area contributed by atoms with E-state index >= 15 is 0 Å². The van der Waals surface area contributed by atoms with Crippen molar-refractivity contribution < 1.29 is 9.21 Å². The largest absolute Gasteiger partial charge is 0.458 e. The van der Waals surface area contributed by atoms with Crippen molar-refractivity contribution in [1.82, 2.24) is 15.3 Å². The van der Waals surface area contributed by atoms with E-state index in [-0.39, 0.29) is 18.0 Å². The van der Waals surface area contributed by atoms with Gasteiger partial charge in [-0.15, -0.1) is 11.3 Å². The summed E-state index contributed by atoms with van der Waals surface area (Å²) in [5, 5.41) is 5.63. The van der Waals surface area contributed by atoms with E-state index in [1.165, 1.54) is 18.3 Å². The van der Waals surface area contributed by atoms with Crippen LogP contribution in [-0.2, 0) is 6.54 Å². The van der Waals surface area contributed by atoms with E-state index in [4.69, 9.17) is 4.42 Å². The van der Waals surface area contributed by atoms with Gasteiger partial charge in [0.15, 0.2) is 5.76 Å². The van der Waals surface area contributed by atoms with Crippen molar-refractivity contribution in [3.8, 4) is 11.5 Å². The lowest BCUT2D eigenvalue weighted by Crippen LogP contribution is -2.23. The minimum atomic E-state index is -0.279. The van der Waals surface area contributed by atoms with Crippen LogP contribution >= 0.6 is 11.3 Å². The van der Waals surface area contributed by atoms with E-state index in [2.05, 4.69) is 15.3 Å². The lowest BCUT2D eigenvalue weighted by molar-refractivity contribution is 0.0947.